The number of hydrogen-bond donors (Lipinski definition) is 1. The van der Waals surface area contributed by atoms with Crippen LogP contribution >= 0.6 is 24.0 Å². The number of hydrogen-bond acceptors (Lipinski definition) is 3. The van der Waals surface area contributed by atoms with Crippen molar-refractivity contribution in [3.63, 3.8) is 0 Å². The third kappa shape index (κ3) is 3.52. The van der Waals surface area contributed by atoms with Crippen LogP contribution in [-0.4, -0.2) is 39.9 Å². The highest BCUT2D eigenvalue weighted by atomic mass is 32.2. The van der Waals surface area contributed by atoms with Crippen LogP contribution in [0, 0.1) is 0 Å². The van der Waals surface area contributed by atoms with Gasteiger partial charge in [0, 0.05) is 24.1 Å². The predicted molar refractivity (Wildman–Crippen MR) is 89.1 cm³/mol. The second kappa shape index (κ2) is 7.09. The SMILES string of the molecule is CCC1CN(C(=O)C(C(N)=S)c2ccccc2)CCS1. The van der Waals surface area contributed by atoms with Crippen molar-refractivity contribution >= 4 is 34.9 Å². The molecule has 1 aliphatic heterocycles. The first-order valence-electron chi connectivity index (χ1n) is 6.88. The van der Waals surface area contributed by atoms with Gasteiger partial charge in [0.15, 0.2) is 0 Å². The van der Waals surface area contributed by atoms with Crippen molar-refractivity contribution in [3.05, 3.63) is 35.9 Å². The maximum Gasteiger partial charge on any atom is 0.237 e. The number of carbonyl (C=O) groups excluding carboxylic acids is 1. The van der Waals surface area contributed by atoms with Crippen molar-refractivity contribution in [2.75, 3.05) is 18.8 Å². The van der Waals surface area contributed by atoms with Gasteiger partial charge in [-0.2, -0.15) is 11.8 Å². The van der Waals surface area contributed by atoms with Crippen LogP contribution in [0.4, 0.5) is 0 Å². The molecule has 1 fully saturated rings. The highest BCUT2D eigenvalue weighted by Gasteiger charge is 2.31. The first kappa shape index (κ1) is 15.3. The largest absolute Gasteiger partial charge is 0.392 e. The molecule has 1 amide bonds. The Labute approximate surface area is 129 Å². The van der Waals surface area contributed by atoms with E-state index in [0.29, 0.717) is 5.25 Å². The molecule has 108 valence electrons. The molecule has 2 atom stereocenters. The minimum Gasteiger partial charge on any atom is -0.392 e. The predicted octanol–water partition coefficient (Wildman–Crippen LogP) is 2.41. The fourth-order valence-corrected chi connectivity index (χ4v) is 3.84. The monoisotopic (exact) mass is 308 g/mol. The first-order chi connectivity index (χ1) is 9.63. The fraction of sp³-hybridized carbons (Fsp3) is 0.467. The van der Waals surface area contributed by atoms with Gasteiger partial charge in [0.25, 0.3) is 0 Å². The van der Waals surface area contributed by atoms with Gasteiger partial charge in [0.1, 0.15) is 5.92 Å². The van der Waals surface area contributed by atoms with Gasteiger partial charge in [-0.25, -0.2) is 0 Å². The zero-order valence-electron chi connectivity index (χ0n) is 11.6. The van der Waals surface area contributed by atoms with Crippen molar-refractivity contribution in [1.82, 2.24) is 4.90 Å². The molecule has 0 aliphatic carbocycles. The summed E-state index contributed by atoms with van der Waals surface area (Å²) in [6, 6.07) is 9.58. The summed E-state index contributed by atoms with van der Waals surface area (Å²) in [6.07, 6.45) is 1.08. The van der Waals surface area contributed by atoms with Crippen molar-refractivity contribution in [2.45, 2.75) is 24.5 Å². The van der Waals surface area contributed by atoms with Gasteiger partial charge in [0.2, 0.25) is 5.91 Å². The highest BCUT2D eigenvalue weighted by Crippen LogP contribution is 2.25. The zero-order chi connectivity index (χ0) is 14.5. The molecule has 3 nitrogen and oxygen atoms in total. The van der Waals surface area contributed by atoms with E-state index in [9.17, 15) is 4.79 Å². The van der Waals surface area contributed by atoms with Gasteiger partial charge in [0.05, 0.1) is 4.99 Å². The third-order valence-electron chi connectivity index (χ3n) is 3.57. The molecular formula is C15H20N2OS2. The average Bonchev–Trinajstić information content (AvgIpc) is 2.48. The molecule has 5 heteroatoms. The molecule has 1 heterocycles. The summed E-state index contributed by atoms with van der Waals surface area (Å²) in [5.74, 6) is 0.539. The molecule has 2 N–H and O–H groups in total. The second-order valence-corrected chi connectivity index (χ2v) is 6.81. The van der Waals surface area contributed by atoms with Gasteiger partial charge >= 0.3 is 0 Å². The molecule has 1 saturated heterocycles. The normalized spacial score (nSPS) is 20.4. The molecule has 20 heavy (non-hydrogen) atoms. The highest BCUT2D eigenvalue weighted by molar-refractivity contribution is 8.00. The molecule has 0 saturated carbocycles. The van der Waals surface area contributed by atoms with E-state index in [-0.39, 0.29) is 10.9 Å². The summed E-state index contributed by atoms with van der Waals surface area (Å²) >= 11 is 7.07. The Balaban J connectivity index is 2.17. The molecule has 1 aromatic rings. The van der Waals surface area contributed by atoms with Gasteiger partial charge in [-0.3, -0.25) is 4.79 Å². The third-order valence-corrected chi connectivity index (χ3v) is 5.18. The molecule has 1 aliphatic rings. The molecule has 2 rings (SSSR count). The maximum absolute atomic E-state index is 12.8. The van der Waals surface area contributed by atoms with E-state index in [4.69, 9.17) is 18.0 Å². The van der Waals surface area contributed by atoms with Gasteiger partial charge in [-0.05, 0) is 12.0 Å². The molecule has 0 spiro atoms. The summed E-state index contributed by atoms with van der Waals surface area (Å²) in [5.41, 5.74) is 6.71. The van der Waals surface area contributed by atoms with Crippen molar-refractivity contribution in [1.29, 1.82) is 0 Å². The number of benzene rings is 1. The van der Waals surface area contributed by atoms with E-state index in [2.05, 4.69) is 6.92 Å². The number of thioether (sulfide) groups is 1. The lowest BCUT2D eigenvalue weighted by Crippen LogP contribution is -2.46. The number of carbonyl (C=O) groups is 1. The Bertz CT molecular complexity index is 478. The van der Waals surface area contributed by atoms with Crippen LogP contribution in [-0.2, 0) is 4.79 Å². The Morgan fingerprint density at radius 3 is 2.80 bits per heavy atom. The summed E-state index contributed by atoms with van der Waals surface area (Å²) in [5, 5.41) is 0.524. The minimum absolute atomic E-state index is 0.0439. The molecule has 1 aromatic carbocycles. The van der Waals surface area contributed by atoms with Crippen LogP contribution in [0.3, 0.4) is 0 Å². The quantitative estimate of drug-likeness (QED) is 0.868. The number of rotatable bonds is 4. The molecular weight excluding hydrogens is 288 g/mol. The van der Waals surface area contributed by atoms with E-state index in [1.165, 1.54) is 0 Å². The van der Waals surface area contributed by atoms with E-state index >= 15 is 0 Å². The standard InChI is InChI=1S/C15H20N2OS2/c1-2-12-10-17(8-9-20-12)15(18)13(14(16)19)11-6-4-3-5-7-11/h3-7,12-13H,2,8-10H2,1H3,(H2,16,19). The van der Waals surface area contributed by atoms with Crippen LogP contribution in [0.5, 0.6) is 0 Å². The van der Waals surface area contributed by atoms with Crippen LogP contribution in [0.15, 0.2) is 30.3 Å². The van der Waals surface area contributed by atoms with Crippen molar-refractivity contribution in [3.8, 4) is 0 Å². The lowest BCUT2D eigenvalue weighted by molar-refractivity contribution is -0.131. The van der Waals surface area contributed by atoms with Crippen LogP contribution in [0.25, 0.3) is 0 Å². The van der Waals surface area contributed by atoms with Crippen molar-refractivity contribution < 1.29 is 4.79 Å². The first-order valence-corrected chi connectivity index (χ1v) is 8.33. The van der Waals surface area contributed by atoms with Gasteiger partial charge < -0.3 is 10.6 Å². The van der Waals surface area contributed by atoms with Crippen LogP contribution < -0.4 is 5.73 Å². The Morgan fingerprint density at radius 2 is 2.20 bits per heavy atom. The maximum atomic E-state index is 12.8. The number of nitrogens with two attached hydrogens (primary N) is 1. The summed E-state index contributed by atoms with van der Waals surface area (Å²) < 4.78 is 0. The number of nitrogens with zero attached hydrogens (tertiary/aromatic N) is 1. The van der Waals surface area contributed by atoms with Crippen molar-refractivity contribution in [2.24, 2.45) is 5.73 Å². The Morgan fingerprint density at radius 1 is 1.50 bits per heavy atom. The zero-order valence-corrected chi connectivity index (χ0v) is 13.3. The minimum atomic E-state index is -0.494. The van der Waals surface area contributed by atoms with E-state index in [1.807, 2.05) is 47.0 Å². The van der Waals surface area contributed by atoms with E-state index in [1.54, 1.807) is 0 Å². The summed E-state index contributed by atoms with van der Waals surface area (Å²) in [4.78, 5) is 14.9. The fourth-order valence-electron chi connectivity index (χ4n) is 2.42. The lowest BCUT2D eigenvalue weighted by atomic mass is 9.97. The average molecular weight is 308 g/mol. The topological polar surface area (TPSA) is 46.3 Å². The Hall–Kier alpha value is -1.07. The summed E-state index contributed by atoms with van der Waals surface area (Å²) in [7, 11) is 0. The Kier molecular flexibility index (Phi) is 5.43. The molecule has 2 unspecified atom stereocenters. The smallest absolute Gasteiger partial charge is 0.237 e. The molecule has 0 radical (unpaired) electrons. The van der Waals surface area contributed by atoms with Crippen LogP contribution in [0.1, 0.15) is 24.8 Å². The number of thiocarbonyl (C=S) groups is 1. The van der Waals surface area contributed by atoms with Crippen LogP contribution in [0.2, 0.25) is 0 Å². The van der Waals surface area contributed by atoms with E-state index < -0.39 is 5.92 Å². The molecule has 0 bridgehead atoms. The second-order valence-electron chi connectivity index (χ2n) is 4.93. The van der Waals surface area contributed by atoms with E-state index in [0.717, 1.165) is 30.8 Å². The number of amides is 1. The lowest BCUT2D eigenvalue weighted by Gasteiger charge is -2.34. The summed E-state index contributed by atoms with van der Waals surface area (Å²) in [6.45, 7) is 3.74. The van der Waals surface area contributed by atoms with Gasteiger partial charge in [-0.15, -0.1) is 0 Å². The van der Waals surface area contributed by atoms with Gasteiger partial charge in [-0.1, -0.05) is 49.5 Å². The molecule has 0 aromatic heterocycles.